The Morgan fingerprint density at radius 2 is 2.07 bits per heavy atom. The maximum Gasteiger partial charge on any atom is 0.226 e. The van der Waals surface area contributed by atoms with Crippen molar-refractivity contribution >= 4 is 17.2 Å². The van der Waals surface area contributed by atoms with Crippen LogP contribution >= 0.6 is 11.3 Å². The van der Waals surface area contributed by atoms with Crippen molar-refractivity contribution in [2.75, 3.05) is 7.11 Å². The molecule has 0 bridgehead atoms. The number of nitrogens with zero attached hydrogens (tertiary/aromatic N) is 2. The number of para-hydroxylation sites is 1. The first-order valence-electron chi connectivity index (χ1n) is 8.51. The van der Waals surface area contributed by atoms with Crippen molar-refractivity contribution in [1.29, 1.82) is 0 Å². The average molecular weight is 383 g/mol. The Bertz CT molecular complexity index is 893. The number of ether oxygens (including phenoxy) is 2. The molecule has 2 aromatic heterocycles. The number of benzene rings is 1. The van der Waals surface area contributed by atoms with Crippen LogP contribution in [0, 0.1) is 6.92 Å². The van der Waals surface area contributed by atoms with E-state index >= 15 is 0 Å². The molecule has 0 saturated carbocycles. The highest BCUT2D eigenvalue weighted by Crippen LogP contribution is 2.17. The number of thiazole rings is 1. The van der Waals surface area contributed by atoms with Crippen molar-refractivity contribution in [3.63, 3.8) is 0 Å². The van der Waals surface area contributed by atoms with Crippen LogP contribution in [0.1, 0.15) is 22.0 Å². The third-order valence-corrected chi connectivity index (χ3v) is 4.73. The number of methoxy groups -OCH3 is 1. The monoisotopic (exact) mass is 383 g/mol. The first-order valence-corrected chi connectivity index (χ1v) is 9.39. The van der Waals surface area contributed by atoms with E-state index < -0.39 is 0 Å². The van der Waals surface area contributed by atoms with Gasteiger partial charge in [-0.2, -0.15) is 0 Å². The van der Waals surface area contributed by atoms with Crippen molar-refractivity contribution in [2.24, 2.45) is 0 Å². The number of aromatic nitrogens is 2. The SMILES string of the molecule is COc1ccccc1CNC(=O)Cc1csc(COc2ccc(C)nc2)n1. The van der Waals surface area contributed by atoms with Crippen LogP contribution in [0.3, 0.4) is 0 Å². The summed E-state index contributed by atoms with van der Waals surface area (Å²) in [5.74, 6) is 1.38. The number of aryl methyl sites for hydroxylation is 1. The zero-order valence-corrected chi connectivity index (χ0v) is 16.1. The molecule has 3 rings (SSSR count). The quantitative estimate of drug-likeness (QED) is 0.646. The molecule has 6 nitrogen and oxygen atoms in total. The number of pyridine rings is 1. The minimum Gasteiger partial charge on any atom is -0.496 e. The highest BCUT2D eigenvalue weighted by molar-refractivity contribution is 7.09. The lowest BCUT2D eigenvalue weighted by atomic mass is 10.2. The van der Waals surface area contributed by atoms with Crippen molar-refractivity contribution in [3.05, 3.63) is 69.9 Å². The second kappa shape index (κ2) is 9.14. The van der Waals surface area contributed by atoms with Crippen molar-refractivity contribution in [2.45, 2.75) is 26.5 Å². The molecule has 0 spiro atoms. The zero-order chi connectivity index (χ0) is 19.1. The molecule has 1 N–H and O–H groups in total. The molecule has 0 unspecified atom stereocenters. The second-order valence-electron chi connectivity index (χ2n) is 5.92. The zero-order valence-electron chi connectivity index (χ0n) is 15.3. The largest absolute Gasteiger partial charge is 0.496 e. The van der Waals surface area contributed by atoms with E-state index in [1.165, 1.54) is 11.3 Å². The van der Waals surface area contributed by atoms with E-state index in [9.17, 15) is 4.79 Å². The Morgan fingerprint density at radius 3 is 2.85 bits per heavy atom. The van der Waals surface area contributed by atoms with E-state index in [1.807, 2.05) is 48.7 Å². The molecule has 0 aliphatic heterocycles. The third-order valence-electron chi connectivity index (χ3n) is 3.86. The van der Waals surface area contributed by atoms with Crippen LogP contribution < -0.4 is 14.8 Å². The minimum absolute atomic E-state index is 0.0820. The number of rotatable bonds is 8. The van der Waals surface area contributed by atoms with Crippen LogP contribution in [0.2, 0.25) is 0 Å². The van der Waals surface area contributed by atoms with E-state index in [4.69, 9.17) is 9.47 Å². The van der Waals surface area contributed by atoms with Crippen molar-refractivity contribution in [1.82, 2.24) is 15.3 Å². The summed E-state index contributed by atoms with van der Waals surface area (Å²) < 4.78 is 11.0. The molecule has 0 atom stereocenters. The van der Waals surface area contributed by atoms with Gasteiger partial charge in [0.2, 0.25) is 5.91 Å². The molecule has 2 heterocycles. The molecular formula is C20H21N3O3S. The average Bonchev–Trinajstić information content (AvgIpc) is 3.13. The van der Waals surface area contributed by atoms with E-state index in [0.29, 0.717) is 18.9 Å². The highest BCUT2D eigenvalue weighted by atomic mass is 32.1. The molecule has 1 amide bonds. The number of hydrogen-bond acceptors (Lipinski definition) is 6. The maximum atomic E-state index is 12.2. The first kappa shape index (κ1) is 18.8. The fourth-order valence-corrected chi connectivity index (χ4v) is 3.16. The summed E-state index contributed by atoms with van der Waals surface area (Å²) in [7, 11) is 1.62. The fourth-order valence-electron chi connectivity index (χ4n) is 2.45. The lowest BCUT2D eigenvalue weighted by Gasteiger charge is -2.09. The molecule has 1 aromatic carbocycles. The summed E-state index contributed by atoms with van der Waals surface area (Å²) >= 11 is 1.48. The van der Waals surface area contributed by atoms with Gasteiger partial charge in [-0.25, -0.2) is 4.98 Å². The van der Waals surface area contributed by atoms with E-state index in [1.54, 1.807) is 13.3 Å². The number of nitrogens with one attached hydrogen (secondary N) is 1. The summed E-state index contributed by atoms with van der Waals surface area (Å²) in [6.07, 6.45) is 1.92. The molecule has 0 saturated heterocycles. The van der Waals surface area contributed by atoms with Crippen LogP contribution in [0.5, 0.6) is 11.5 Å². The molecular weight excluding hydrogens is 362 g/mol. The van der Waals surface area contributed by atoms with Crippen LogP contribution in [0.25, 0.3) is 0 Å². The fraction of sp³-hybridized carbons (Fsp3) is 0.250. The summed E-state index contributed by atoms with van der Waals surface area (Å²) in [6, 6.07) is 11.4. The molecule has 0 aliphatic carbocycles. The first-order chi connectivity index (χ1) is 13.1. The van der Waals surface area contributed by atoms with Crippen LogP contribution in [0.4, 0.5) is 0 Å². The van der Waals surface area contributed by atoms with Gasteiger partial charge in [-0.1, -0.05) is 18.2 Å². The van der Waals surface area contributed by atoms with Gasteiger partial charge in [-0.3, -0.25) is 9.78 Å². The Balaban J connectivity index is 1.48. The van der Waals surface area contributed by atoms with Gasteiger partial charge in [0.1, 0.15) is 23.1 Å². The Morgan fingerprint density at radius 1 is 1.22 bits per heavy atom. The lowest BCUT2D eigenvalue weighted by Crippen LogP contribution is -2.24. The van der Waals surface area contributed by atoms with Gasteiger partial charge < -0.3 is 14.8 Å². The summed E-state index contributed by atoms with van der Waals surface area (Å²) in [5, 5.41) is 5.61. The van der Waals surface area contributed by atoms with Gasteiger partial charge in [-0.05, 0) is 25.1 Å². The second-order valence-corrected chi connectivity index (χ2v) is 6.86. The number of amides is 1. The summed E-state index contributed by atoms with van der Waals surface area (Å²) in [4.78, 5) is 20.8. The van der Waals surface area contributed by atoms with Gasteiger partial charge in [0, 0.05) is 23.2 Å². The molecule has 140 valence electrons. The van der Waals surface area contributed by atoms with E-state index in [-0.39, 0.29) is 12.3 Å². The van der Waals surface area contributed by atoms with Gasteiger partial charge in [0.15, 0.2) is 0 Å². The number of hydrogen-bond donors (Lipinski definition) is 1. The molecule has 3 aromatic rings. The van der Waals surface area contributed by atoms with Crippen LogP contribution in [-0.4, -0.2) is 23.0 Å². The third kappa shape index (κ3) is 5.52. The molecule has 0 aliphatic rings. The molecule has 0 radical (unpaired) electrons. The van der Waals surface area contributed by atoms with Gasteiger partial charge in [0.05, 0.1) is 25.4 Å². The van der Waals surface area contributed by atoms with Gasteiger partial charge in [-0.15, -0.1) is 11.3 Å². The molecule has 27 heavy (non-hydrogen) atoms. The Hall–Kier alpha value is -2.93. The smallest absolute Gasteiger partial charge is 0.226 e. The number of carbonyl (C=O) groups excluding carboxylic acids is 1. The van der Waals surface area contributed by atoms with E-state index in [2.05, 4.69) is 15.3 Å². The Labute approximate surface area is 162 Å². The van der Waals surface area contributed by atoms with Gasteiger partial charge in [0.25, 0.3) is 0 Å². The summed E-state index contributed by atoms with van der Waals surface area (Å²) in [5.41, 5.74) is 2.61. The predicted octanol–water partition coefficient (Wildman–Crippen LogP) is 3.29. The van der Waals surface area contributed by atoms with Crippen LogP contribution in [-0.2, 0) is 24.4 Å². The maximum absolute atomic E-state index is 12.2. The minimum atomic E-state index is -0.0820. The van der Waals surface area contributed by atoms with Crippen LogP contribution in [0.15, 0.2) is 48.0 Å². The number of carbonyl (C=O) groups is 1. The predicted molar refractivity (Wildman–Crippen MR) is 104 cm³/mol. The van der Waals surface area contributed by atoms with E-state index in [0.717, 1.165) is 27.7 Å². The topological polar surface area (TPSA) is 73.3 Å². The van der Waals surface area contributed by atoms with Crippen molar-refractivity contribution in [3.8, 4) is 11.5 Å². The Kier molecular flexibility index (Phi) is 6.38. The van der Waals surface area contributed by atoms with Gasteiger partial charge >= 0.3 is 0 Å². The highest BCUT2D eigenvalue weighted by Gasteiger charge is 2.09. The normalized spacial score (nSPS) is 10.4. The molecule has 0 fully saturated rings. The standard InChI is InChI=1S/C20H21N3O3S/c1-14-7-8-17(11-21-14)26-12-20-23-16(13-27-20)9-19(24)22-10-15-5-3-4-6-18(15)25-2/h3-8,11,13H,9-10,12H2,1-2H3,(H,22,24). The molecule has 7 heteroatoms. The lowest BCUT2D eigenvalue weighted by molar-refractivity contribution is -0.120. The van der Waals surface area contributed by atoms with Crippen molar-refractivity contribution < 1.29 is 14.3 Å². The summed E-state index contributed by atoms with van der Waals surface area (Å²) in [6.45, 7) is 2.71.